The lowest BCUT2D eigenvalue weighted by molar-refractivity contribution is -0.123. The molecule has 2 amide bonds. The zero-order chi connectivity index (χ0) is 19.8. The summed E-state index contributed by atoms with van der Waals surface area (Å²) in [6.45, 7) is 0. The molecule has 142 valence electrons. The fourth-order valence-electron chi connectivity index (χ4n) is 2.84. The molecule has 0 radical (unpaired) electrons. The van der Waals surface area contributed by atoms with Gasteiger partial charge in [0.05, 0.1) is 12.8 Å². The van der Waals surface area contributed by atoms with E-state index >= 15 is 0 Å². The molecule has 0 unspecified atom stereocenters. The molecule has 4 nitrogen and oxygen atoms in total. The molecule has 3 aromatic carbocycles. The van der Waals surface area contributed by atoms with Crippen LogP contribution in [0.3, 0.4) is 0 Å². The maximum atomic E-state index is 12.5. The first-order chi connectivity index (χ1) is 13.6. The minimum absolute atomic E-state index is 0.154. The SMILES string of the molecule is O=C(Cc1ccccc1)NC(NC(=O)Cc1ccccc1)c1ccc(Br)cc1. The van der Waals surface area contributed by atoms with Crippen molar-refractivity contribution in [3.8, 4) is 0 Å². The summed E-state index contributed by atoms with van der Waals surface area (Å²) in [4.78, 5) is 25.1. The van der Waals surface area contributed by atoms with Crippen molar-refractivity contribution in [3.05, 3.63) is 106 Å². The second kappa shape index (κ2) is 9.85. The molecule has 28 heavy (non-hydrogen) atoms. The quantitative estimate of drug-likeness (QED) is 0.546. The van der Waals surface area contributed by atoms with Crippen molar-refractivity contribution in [3.63, 3.8) is 0 Å². The Kier molecular flexibility index (Phi) is 6.98. The number of amides is 2. The summed E-state index contributed by atoms with van der Waals surface area (Å²) in [6.07, 6.45) is -0.0919. The number of nitrogens with one attached hydrogen (secondary N) is 2. The monoisotopic (exact) mass is 436 g/mol. The molecule has 3 aromatic rings. The van der Waals surface area contributed by atoms with Gasteiger partial charge in [0.2, 0.25) is 11.8 Å². The number of carbonyl (C=O) groups is 2. The average molecular weight is 437 g/mol. The highest BCUT2D eigenvalue weighted by atomic mass is 79.9. The van der Waals surface area contributed by atoms with Crippen molar-refractivity contribution in [1.82, 2.24) is 10.6 Å². The number of benzene rings is 3. The second-order valence-corrected chi connectivity index (χ2v) is 7.36. The van der Waals surface area contributed by atoms with Crippen LogP contribution in [0, 0.1) is 0 Å². The third kappa shape index (κ3) is 6.06. The molecule has 3 rings (SSSR count). The molecule has 0 fully saturated rings. The van der Waals surface area contributed by atoms with Gasteiger partial charge in [-0.15, -0.1) is 0 Å². The van der Waals surface area contributed by atoms with E-state index in [2.05, 4.69) is 26.6 Å². The molecular weight excluding hydrogens is 416 g/mol. The predicted molar refractivity (Wildman–Crippen MR) is 113 cm³/mol. The Labute approximate surface area is 173 Å². The molecule has 0 bridgehead atoms. The number of carbonyl (C=O) groups excluding carboxylic acids is 2. The third-order valence-electron chi connectivity index (χ3n) is 4.23. The summed E-state index contributed by atoms with van der Waals surface area (Å²) in [6, 6.07) is 26.6. The molecule has 0 aliphatic rings. The topological polar surface area (TPSA) is 58.2 Å². The van der Waals surface area contributed by atoms with Crippen LogP contribution in [0.4, 0.5) is 0 Å². The van der Waals surface area contributed by atoms with E-state index in [-0.39, 0.29) is 24.7 Å². The Hall–Kier alpha value is -2.92. The van der Waals surface area contributed by atoms with E-state index < -0.39 is 6.17 Å². The second-order valence-electron chi connectivity index (χ2n) is 6.44. The van der Waals surface area contributed by atoms with Crippen LogP contribution in [0.15, 0.2) is 89.4 Å². The van der Waals surface area contributed by atoms with E-state index in [1.807, 2.05) is 84.9 Å². The number of rotatable bonds is 7. The third-order valence-corrected chi connectivity index (χ3v) is 4.76. The molecule has 0 saturated heterocycles. The summed E-state index contributed by atoms with van der Waals surface area (Å²) in [7, 11) is 0. The molecule has 0 heterocycles. The molecule has 5 heteroatoms. The van der Waals surface area contributed by atoms with Crippen LogP contribution in [0.2, 0.25) is 0 Å². The average Bonchev–Trinajstić information content (AvgIpc) is 2.69. The van der Waals surface area contributed by atoms with E-state index in [0.717, 1.165) is 21.2 Å². The maximum Gasteiger partial charge on any atom is 0.226 e. The van der Waals surface area contributed by atoms with Gasteiger partial charge in [0.15, 0.2) is 0 Å². The van der Waals surface area contributed by atoms with Crippen LogP contribution < -0.4 is 10.6 Å². The van der Waals surface area contributed by atoms with E-state index in [1.54, 1.807) is 0 Å². The first-order valence-electron chi connectivity index (χ1n) is 9.02. The van der Waals surface area contributed by atoms with Gasteiger partial charge in [0.1, 0.15) is 6.17 Å². The highest BCUT2D eigenvalue weighted by Crippen LogP contribution is 2.16. The molecule has 0 saturated carbocycles. The molecular formula is C23H21BrN2O2. The minimum Gasteiger partial charge on any atom is -0.332 e. The van der Waals surface area contributed by atoms with Crippen LogP contribution >= 0.6 is 15.9 Å². The summed E-state index contributed by atoms with van der Waals surface area (Å²) in [5.74, 6) is -0.307. The Morgan fingerprint density at radius 3 is 1.54 bits per heavy atom. The van der Waals surface area contributed by atoms with E-state index in [4.69, 9.17) is 0 Å². The van der Waals surface area contributed by atoms with Gasteiger partial charge in [-0.2, -0.15) is 0 Å². The van der Waals surface area contributed by atoms with Gasteiger partial charge >= 0.3 is 0 Å². The highest BCUT2D eigenvalue weighted by Gasteiger charge is 2.17. The molecule has 0 spiro atoms. The Balaban J connectivity index is 1.70. The van der Waals surface area contributed by atoms with Crippen LogP contribution in [-0.4, -0.2) is 11.8 Å². The summed E-state index contributed by atoms with van der Waals surface area (Å²) in [5.41, 5.74) is 2.65. The van der Waals surface area contributed by atoms with Crippen molar-refractivity contribution >= 4 is 27.7 Å². The zero-order valence-corrected chi connectivity index (χ0v) is 16.9. The van der Waals surface area contributed by atoms with Gasteiger partial charge in [-0.1, -0.05) is 88.7 Å². The highest BCUT2D eigenvalue weighted by molar-refractivity contribution is 9.10. The summed E-state index contributed by atoms with van der Waals surface area (Å²) in [5, 5.41) is 5.86. The van der Waals surface area contributed by atoms with Gasteiger partial charge in [0, 0.05) is 4.47 Å². The molecule has 0 aromatic heterocycles. The van der Waals surface area contributed by atoms with Gasteiger partial charge in [0.25, 0.3) is 0 Å². The lowest BCUT2D eigenvalue weighted by atomic mass is 10.1. The van der Waals surface area contributed by atoms with Gasteiger partial charge in [-0.05, 0) is 28.8 Å². The van der Waals surface area contributed by atoms with Crippen molar-refractivity contribution < 1.29 is 9.59 Å². The normalized spacial score (nSPS) is 10.5. The first kappa shape index (κ1) is 19.8. The van der Waals surface area contributed by atoms with Crippen LogP contribution in [0.5, 0.6) is 0 Å². The lowest BCUT2D eigenvalue weighted by Gasteiger charge is -2.21. The summed E-state index contributed by atoms with van der Waals surface area (Å²) < 4.78 is 0.932. The van der Waals surface area contributed by atoms with Gasteiger partial charge in [-0.3, -0.25) is 9.59 Å². The van der Waals surface area contributed by atoms with E-state index in [1.165, 1.54) is 0 Å². The van der Waals surface area contributed by atoms with Crippen LogP contribution in [-0.2, 0) is 22.4 Å². The van der Waals surface area contributed by atoms with E-state index in [0.29, 0.717) is 0 Å². The molecule has 0 atom stereocenters. The molecule has 2 N–H and O–H groups in total. The lowest BCUT2D eigenvalue weighted by Crippen LogP contribution is -2.42. The molecule has 0 aliphatic heterocycles. The largest absolute Gasteiger partial charge is 0.332 e. The fourth-order valence-corrected chi connectivity index (χ4v) is 3.11. The van der Waals surface area contributed by atoms with Crippen molar-refractivity contribution in [2.45, 2.75) is 19.0 Å². The van der Waals surface area contributed by atoms with Gasteiger partial charge in [-0.25, -0.2) is 0 Å². The molecule has 0 aliphatic carbocycles. The fraction of sp³-hybridized carbons (Fsp3) is 0.130. The first-order valence-corrected chi connectivity index (χ1v) is 9.81. The standard InChI is InChI=1S/C23H21BrN2O2/c24-20-13-11-19(12-14-20)23(25-21(27)15-17-7-3-1-4-8-17)26-22(28)16-18-9-5-2-6-10-18/h1-14,23H,15-16H2,(H,25,27)(H,26,28). The van der Waals surface area contributed by atoms with Crippen molar-refractivity contribution in [2.24, 2.45) is 0 Å². The van der Waals surface area contributed by atoms with Crippen LogP contribution in [0.25, 0.3) is 0 Å². The minimum atomic E-state index is -0.597. The predicted octanol–water partition coefficient (Wildman–Crippen LogP) is 4.17. The Bertz CT molecular complexity index is 857. The van der Waals surface area contributed by atoms with Crippen LogP contribution in [0.1, 0.15) is 22.9 Å². The zero-order valence-electron chi connectivity index (χ0n) is 15.3. The Morgan fingerprint density at radius 2 is 1.11 bits per heavy atom. The van der Waals surface area contributed by atoms with Crippen molar-refractivity contribution in [1.29, 1.82) is 0 Å². The summed E-state index contributed by atoms with van der Waals surface area (Å²) >= 11 is 3.41. The number of halogens is 1. The number of hydrogen-bond acceptors (Lipinski definition) is 2. The van der Waals surface area contributed by atoms with Crippen molar-refractivity contribution in [2.75, 3.05) is 0 Å². The maximum absolute atomic E-state index is 12.5. The number of hydrogen-bond donors (Lipinski definition) is 2. The smallest absolute Gasteiger partial charge is 0.226 e. The Morgan fingerprint density at radius 1 is 0.679 bits per heavy atom. The van der Waals surface area contributed by atoms with E-state index in [9.17, 15) is 9.59 Å². The van der Waals surface area contributed by atoms with Gasteiger partial charge < -0.3 is 10.6 Å².